The number of esters is 1. The fraction of sp³-hybridized carbons (Fsp3) is 0.217. The van der Waals surface area contributed by atoms with Crippen molar-refractivity contribution in [2.24, 2.45) is 0 Å². The minimum absolute atomic E-state index is 0.000943. The number of aryl methyl sites for hydroxylation is 1. The molecule has 7 nitrogen and oxygen atoms in total. The second-order valence-electron chi connectivity index (χ2n) is 6.88. The summed E-state index contributed by atoms with van der Waals surface area (Å²) in [7, 11) is 0. The predicted molar refractivity (Wildman–Crippen MR) is 113 cm³/mol. The Morgan fingerprint density at radius 3 is 2.50 bits per heavy atom. The Bertz CT molecular complexity index is 1130. The van der Waals surface area contributed by atoms with Gasteiger partial charge in [-0.1, -0.05) is 36.4 Å². The molecule has 0 radical (unpaired) electrons. The first-order valence-corrected chi connectivity index (χ1v) is 9.60. The van der Waals surface area contributed by atoms with Gasteiger partial charge in [0.15, 0.2) is 17.8 Å². The number of hydrogen-bond donors (Lipinski definition) is 2. The van der Waals surface area contributed by atoms with Gasteiger partial charge in [0.05, 0.1) is 0 Å². The number of H-pyrrole nitrogens is 1. The summed E-state index contributed by atoms with van der Waals surface area (Å²) in [6.45, 7) is 1.66. The van der Waals surface area contributed by atoms with Crippen LogP contribution < -0.4 is 10.7 Å². The highest BCUT2D eigenvalue weighted by atomic mass is 16.5. The van der Waals surface area contributed by atoms with Crippen molar-refractivity contribution in [2.45, 2.75) is 19.8 Å². The van der Waals surface area contributed by atoms with Crippen molar-refractivity contribution in [2.75, 3.05) is 13.2 Å². The molecule has 0 aliphatic carbocycles. The van der Waals surface area contributed by atoms with Crippen LogP contribution in [0.1, 0.15) is 39.8 Å². The number of carbonyl (C=O) groups is 3. The lowest BCUT2D eigenvalue weighted by atomic mass is 10.1. The van der Waals surface area contributed by atoms with E-state index in [1.807, 2.05) is 12.1 Å². The van der Waals surface area contributed by atoms with E-state index in [1.54, 1.807) is 36.4 Å². The van der Waals surface area contributed by atoms with E-state index >= 15 is 0 Å². The standard InChI is InChI=1S/C23H22N2O5/c1-15(26)24-12-4-5-16-8-10-17(11-9-16)22(28)14-30-23(29)20-13-21(27)18-6-2-3-7-19(18)25-20/h2-3,6-11,13H,4-5,12,14H2,1H3,(H,24,26)(H,25,27). The van der Waals surface area contributed by atoms with Crippen LogP contribution in [0.5, 0.6) is 0 Å². The Hall–Kier alpha value is -3.74. The van der Waals surface area contributed by atoms with Crippen molar-refractivity contribution in [1.82, 2.24) is 10.3 Å². The van der Waals surface area contributed by atoms with Crippen LogP contribution >= 0.6 is 0 Å². The topological polar surface area (TPSA) is 105 Å². The third kappa shape index (κ3) is 5.41. The Morgan fingerprint density at radius 2 is 1.77 bits per heavy atom. The molecule has 0 spiro atoms. The summed E-state index contributed by atoms with van der Waals surface area (Å²) in [5.74, 6) is -1.16. The van der Waals surface area contributed by atoms with Crippen LogP contribution in [0.25, 0.3) is 10.9 Å². The fourth-order valence-electron chi connectivity index (χ4n) is 3.01. The van der Waals surface area contributed by atoms with Crippen LogP contribution in [-0.2, 0) is 16.0 Å². The zero-order chi connectivity index (χ0) is 21.5. The summed E-state index contributed by atoms with van der Waals surface area (Å²) < 4.78 is 5.08. The third-order valence-electron chi connectivity index (χ3n) is 4.58. The number of rotatable bonds is 8. The zero-order valence-electron chi connectivity index (χ0n) is 16.6. The number of carbonyl (C=O) groups excluding carboxylic acids is 3. The lowest BCUT2D eigenvalue weighted by molar-refractivity contribution is -0.118. The molecule has 2 N–H and O–H groups in total. The summed E-state index contributed by atoms with van der Waals surface area (Å²) in [5, 5.41) is 3.21. The van der Waals surface area contributed by atoms with Crippen LogP contribution in [0.2, 0.25) is 0 Å². The largest absolute Gasteiger partial charge is 0.453 e. The molecule has 0 atom stereocenters. The molecule has 0 saturated carbocycles. The zero-order valence-corrected chi connectivity index (χ0v) is 16.6. The normalized spacial score (nSPS) is 10.6. The molecule has 1 aromatic heterocycles. The number of nitrogens with one attached hydrogen (secondary N) is 2. The molecule has 2 aromatic carbocycles. The maximum absolute atomic E-state index is 12.3. The molecular weight excluding hydrogens is 384 g/mol. The second kappa shape index (κ2) is 9.65. The first-order chi connectivity index (χ1) is 14.4. The average Bonchev–Trinajstić information content (AvgIpc) is 2.75. The van der Waals surface area contributed by atoms with Crippen molar-refractivity contribution in [3.63, 3.8) is 0 Å². The maximum atomic E-state index is 12.3. The Labute approximate surface area is 173 Å². The van der Waals surface area contributed by atoms with Crippen LogP contribution in [0, 0.1) is 0 Å². The van der Waals surface area contributed by atoms with Crippen LogP contribution in [-0.4, -0.2) is 35.8 Å². The van der Waals surface area contributed by atoms with Crippen molar-refractivity contribution < 1.29 is 19.1 Å². The van der Waals surface area contributed by atoms with E-state index < -0.39 is 12.6 Å². The molecule has 1 amide bonds. The number of amides is 1. The van der Waals surface area contributed by atoms with Gasteiger partial charge in [-0.05, 0) is 30.5 Å². The number of aromatic nitrogens is 1. The van der Waals surface area contributed by atoms with Gasteiger partial charge in [-0.2, -0.15) is 0 Å². The highest BCUT2D eigenvalue weighted by Gasteiger charge is 2.14. The van der Waals surface area contributed by atoms with E-state index in [0.717, 1.165) is 18.4 Å². The highest BCUT2D eigenvalue weighted by molar-refractivity contribution is 5.99. The molecule has 0 saturated heterocycles. The van der Waals surface area contributed by atoms with Crippen LogP contribution in [0.15, 0.2) is 59.4 Å². The van der Waals surface area contributed by atoms with Crippen molar-refractivity contribution >= 4 is 28.6 Å². The first kappa shape index (κ1) is 21.0. The quantitative estimate of drug-likeness (QED) is 0.340. The number of fused-ring (bicyclic) bond motifs is 1. The number of pyridine rings is 1. The van der Waals surface area contributed by atoms with E-state index in [0.29, 0.717) is 23.0 Å². The minimum Gasteiger partial charge on any atom is -0.453 e. The monoisotopic (exact) mass is 406 g/mol. The fourth-order valence-corrected chi connectivity index (χ4v) is 3.01. The molecular formula is C23H22N2O5. The summed E-state index contributed by atoms with van der Waals surface area (Å²) >= 11 is 0. The van der Waals surface area contributed by atoms with Crippen molar-refractivity contribution in [1.29, 1.82) is 0 Å². The van der Waals surface area contributed by atoms with Gasteiger partial charge in [-0.3, -0.25) is 14.4 Å². The first-order valence-electron chi connectivity index (χ1n) is 9.60. The molecule has 0 bridgehead atoms. The van der Waals surface area contributed by atoms with E-state index in [2.05, 4.69) is 10.3 Å². The lowest BCUT2D eigenvalue weighted by Crippen LogP contribution is -2.21. The van der Waals surface area contributed by atoms with Gasteiger partial charge in [0, 0.05) is 36.0 Å². The van der Waals surface area contributed by atoms with Gasteiger partial charge in [0.1, 0.15) is 5.69 Å². The minimum atomic E-state index is -0.763. The van der Waals surface area contributed by atoms with Crippen molar-refractivity contribution in [3.05, 3.63) is 81.6 Å². The van der Waals surface area contributed by atoms with Crippen LogP contribution in [0.3, 0.4) is 0 Å². The number of ether oxygens (including phenoxy) is 1. The van der Waals surface area contributed by atoms with Gasteiger partial charge in [0.2, 0.25) is 5.91 Å². The average molecular weight is 406 g/mol. The SMILES string of the molecule is CC(=O)NCCCc1ccc(C(=O)COC(=O)c2cc(=O)c3ccccc3[nH]2)cc1. The van der Waals surface area contributed by atoms with Gasteiger partial charge in [-0.15, -0.1) is 0 Å². The third-order valence-corrected chi connectivity index (χ3v) is 4.58. The number of hydrogen-bond acceptors (Lipinski definition) is 5. The molecule has 7 heteroatoms. The maximum Gasteiger partial charge on any atom is 0.355 e. The van der Waals surface area contributed by atoms with E-state index in [-0.39, 0.29) is 22.8 Å². The Balaban J connectivity index is 1.55. The molecule has 30 heavy (non-hydrogen) atoms. The number of para-hydroxylation sites is 1. The number of Topliss-reactive ketones (excluding diaryl/α,β-unsaturated/α-hetero) is 1. The molecule has 0 unspecified atom stereocenters. The molecule has 0 aliphatic rings. The molecule has 154 valence electrons. The second-order valence-corrected chi connectivity index (χ2v) is 6.88. The van der Waals surface area contributed by atoms with E-state index in [1.165, 1.54) is 13.0 Å². The summed E-state index contributed by atoms with van der Waals surface area (Å²) in [6, 6.07) is 15.1. The predicted octanol–water partition coefficient (Wildman–Crippen LogP) is 2.64. The number of ketones is 1. The Kier molecular flexibility index (Phi) is 6.75. The molecule has 1 heterocycles. The summed E-state index contributed by atoms with van der Waals surface area (Å²) in [6.07, 6.45) is 1.58. The van der Waals surface area contributed by atoms with Crippen molar-refractivity contribution in [3.8, 4) is 0 Å². The summed E-state index contributed by atoms with van der Waals surface area (Å²) in [5.41, 5.74) is 1.71. The Morgan fingerprint density at radius 1 is 1.03 bits per heavy atom. The van der Waals surface area contributed by atoms with E-state index in [4.69, 9.17) is 4.74 Å². The summed E-state index contributed by atoms with van der Waals surface area (Å²) in [4.78, 5) is 50.4. The van der Waals surface area contributed by atoms with Gasteiger partial charge < -0.3 is 15.0 Å². The highest BCUT2D eigenvalue weighted by Crippen LogP contribution is 2.10. The number of aromatic amines is 1. The van der Waals surface area contributed by atoms with Gasteiger partial charge in [0.25, 0.3) is 0 Å². The molecule has 3 rings (SSSR count). The van der Waals surface area contributed by atoms with E-state index in [9.17, 15) is 19.2 Å². The van der Waals surface area contributed by atoms with Crippen LogP contribution in [0.4, 0.5) is 0 Å². The smallest absolute Gasteiger partial charge is 0.355 e. The number of benzene rings is 2. The molecule has 0 aliphatic heterocycles. The molecule has 0 fully saturated rings. The lowest BCUT2D eigenvalue weighted by Gasteiger charge is -2.07. The van der Waals surface area contributed by atoms with Gasteiger partial charge >= 0.3 is 5.97 Å². The van der Waals surface area contributed by atoms with Gasteiger partial charge in [-0.25, -0.2) is 4.79 Å². The molecule has 3 aromatic rings.